The third-order valence-corrected chi connectivity index (χ3v) is 5.64. The number of piperazine rings is 1. The number of nitrogens with one attached hydrogen (secondary N) is 1. The van der Waals surface area contributed by atoms with Gasteiger partial charge in [0, 0.05) is 0 Å². The number of carbonyl (C=O) groups is 2. The van der Waals surface area contributed by atoms with Crippen molar-refractivity contribution in [2.75, 3.05) is 12.3 Å². The van der Waals surface area contributed by atoms with E-state index in [1.165, 1.54) is 6.92 Å². The van der Waals surface area contributed by atoms with Crippen molar-refractivity contribution >= 4 is 21.8 Å². The molecule has 0 bridgehead atoms. The zero-order valence-corrected chi connectivity index (χ0v) is 12.8. The van der Waals surface area contributed by atoms with Gasteiger partial charge in [-0.25, -0.2) is 8.42 Å². The minimum absolute atomic E-state index is 0.137. The number of rotatable bonds is 4. The Morgan fingerprint density at radius 1 is 1.29 bits per heavy atom. The summed E-state index contributed by atoms with van der Waals surface area (Å²) in [5, 5.41) is 2.13. The summed E-state index contributed by atoms with van der Waals surface area (Å²) in [6.07, 6.45) is 0. The fourth-order valence-corrected chi connectivity index (χ4v) is 4.23. The van der Waals surface area contributed by atoms with Gasteiger partial charge in [-0.05, 0) is 18.4 Å². The van der Waals surface area contributed by atoms with Gasteiger partial charge in [0.05, 0.1) is 12.3 Å². The van der Waals surface area contributed by atoms with Crippen molar-refractivity contribution in [2.45, 2.75) is 25.8 Å². The number of carbonyl (C=O) groups excluding carboxylic acids is 2. The number of imide groups is 1. The summed E-state index contributed by atoms with van der Waals surface area (Å²) in [5.41, 5.74) is 0.904. The van der Waals surface area contributed by atoms with Crippen molar-refractivity contribution in [3.63, 3.8) is 0 Å². The van der Waals surface area contributed by atoms with Gasteiger partial charge in [0.25, 0.3) is 0 Å². The van der Waals surface area contributed by atoms with Crippen molar-refractivity contribution < 1.29 is 18.0 Å². The molecule has 0 spiro atoms. The zero-order valence-electron chi connectivity index (χ0n) is 11.9. The molecule has 1 aromatic carbocycles. The van der Waals surface area contributed by atoms with Gasteiger partial charge < -0.3 is 0 Å². The molecule has 7 heteroatoms. The van der Waals surface area contributed by atoms with E-state index in [-0.39, 0.29) is 18.2 Å². The van der Waals surface area contributed by atoms with Crippen molar-refractivity contribution in [3.05, 3.63) is 35.9 Å². The molecule has 2 amide bonds. The van der Waals surface area contributed by atoms with Gasteiger partial charge in [-0.15, -0.1) is 0 Å². The molecule has 0 aliphatic carbocycles. The first-order valence-electron chi connectivity index (χ1n) is 6.69. The van der Waals surface area contributed by atoms with E-state index < -0.39 is 27.9 Å². The van der Waals surface area contributed by atoms with Crippen LogP contribution < -0.4 is 5.32 Å². The molecular weight excluding hydrogens is 292 g/mol. The Morgan fingerprint density at radius 2 is 1.90 bits per heavy atom. The number of hydrogen-bond donors (Lipinski definition) is 1. The third kappa shape index (κ3) is 3.48. The Labute approximate surface area is 124 Å². The Bertz CT molecular complexity index is 642. The molecule has 0 radical (unpaired) electrons. The van der Waals surface area contributed by atoms with Gasteiger partial charge in [-0.2, -0.15) is 4.31 Å². The van der Waals surface area contributed by atoms with Crippen LogP contribution in [0.1, 0.15) is 25.3 Å². The summed E-state index contributed by atoms with van der Waals surface area (Å²) in [5.74, 6) is -1.53. The van der Waals surface area contributed by atoms with Crippen LogP contribution in [0.25, 0.3) is 0 Å². The first-order chi connectivity index (χ1) is 9.81. The van der Waals surface area contributed by atoms with E-state index in [9.17, 15) is 18.0 Å². The molecule has 114 valence electrons. The second-order valence-electron chi connectivity index (χ2n) is 5.22. The SMILES string of the molecule is CC(CS(=O)(=O)N1CC(=O)NC(=O)C1C)c1ccccc1. The number of amides is 2. The molecule has 0 saturated carbocycles. The second-order valence-corrected chi connectivity index (χ2v) is 7.19. The van der Waals surface area contributed by atoms with Gasteiger partial charge >= 0.3 is 0 Å². The molecule has 21 heavy (non-hydrogen) atoms. The van der Waals surface area contributed by atoms with E-state index >= 15 is 0 Å². The predicted molar refractivity (Wildman–Crippen MR) is 78.0 cm³/mol. The number of nitrogens with zero attached hydrogens (tertiary/aromatic N) is 1. The Balaban J connectivity index is 2.18. The summed E-state index contributed by atoms with van der Waals surface area (Å²) < 4.78 is 25.9. The molecular formula is C14H18N2O4S. The molecule has 2 atom stereocenters. The highest BCUT2D eigenvalue weighted by atomic mass is 32.2. The van der Waals surface area contributed by atoms with Crippen LogP contribution in [0.5, 0.6) is 0 Å². The first kappa shape index (κ1) is 15.7. The van der Waals surface area contributed by atoms with Gasteiger partial charge in [-0.1, -0.05) is 37.3 Å². The van der Waals surface area contributed by atoms with Crippen molar-refractivity contribution in [1.29, 1.82) is 0 Å². The van der Waals surface area contributed by atoms with Crippen LogP contribution in [0.3, 0.4) is 0 Å². The Hall–Kier alpha value is -1.73. The summed E-state index contributed by atoms with van der Waals surface area (Å²) in [6.45, 7) is 2.98. The van der Waals surface area contributed by atoms with Crippen LogP contribution in [-0.2, 0) is 19.6 Å². The molecule has 1 aliphatic heterocycles. The van der Waals surface area contributed by atoms with Crippen LogP contribution in [0.15, 0.2) is 30.3 Å². The Morgan fingerprint density at radius 3 is 2.52 bits per heavy atom. The van der Waals surface area contributed by atoms with Crippen molar-refractivity contribution in [2.24, 2.45) is 0 Å². The number of benzene rings is 1. The molecule has 1 heterocycles. The highest BCUT2D eigenvalue weighted by Gasteiger charge is 2.38. The zero-order chi connectivity index (χ0) is 15.6. The van der Waals surface area contributed by atoms with E-state index in [1.807, 2.05) is 37.3 Å². The molecule has 1 aliphatic rings. The fraction of sp³-hybridized carbons (Fsp3) is 0.429. The van der Waals surface area contributed by atoms with E-state index in [1.54, 1.807) is 0 Å². The van der Waals surface area contributed by atoms with E-state index in [0.717, 1.165) is 9.87 Å². The quantitative estimate of drug-likeness (QED) is 0.819. The lowest BCUT2D eigenvalue weighted by molar-refractivity contribution is -0.136. The maximum Gasteiger partial charge on any atom is 0.244 e. The molecule has 1 aromatic rings. The lowest BCUT2D eigenvalue weighted by Crippen LogP contribution is -2.59. The topological polar surface area (TPSA) is 83.6 Å². The summed E-state index contributed by atoms with van der Waals surface area (Å²) in [4.78, 5) is 23.0. The van der Waals surface area contributed by atoms with Crippen LogP contribution in [0.4, 0.5) is 0 Å². The van der Waals surface area contributed by atoms with Crippen LogP contribution >= 0.6 is 0 Å². The maximum absolute atomic E-state index is 12.5. The smallest absolute Gasteiger partial charge is 0.244 e. The summed E-state index contributed by atoms with van der Waals surface area (Å²) in [6, 6.07) is 8.41. The lowest BCUT2D eigenvalue weighted by Gasteiger charge is -2.31. The molecule has 1 fully saturated rings. The molecule has 6 nitrogen and oxygen atoms in total. The predicted octanol–water partition coefficient (Wildman–Crippen LogP) is 0.467. The highest BCUT2D eigenvalue weighted by molar-refractivity contribution is 7.89. The van der Waals surface area contributed by atoms with Crippen LogP contribution in [0, 0.1) is 0 Å². The van der Waals surface area contributed by atoms with Gasteiger partial charge in [-0.3, -0.25) is 14.9 Å². The standard InChI is InChI=1S/C14H18N2O4S/c1-10(12-6-4-3-5-7-12)9-21(19,20)16-8-13(17)15-14(18)11(16)2/h3-7,10-11H,8-9H2,1-2H3,(H,15,17,18). The lowest BCUT2D eigenvalue weighted by atomic mass is 10.0. The first-order valence-corrected chi connectivity index (χ1v) is 8.30. The van der Waals surface area contributed by atoms with Crippen LogP contribution in [-0.4, -0.2) is 42.9 Å². The largest absolute Gasteiger partial charge is 0.294 e. The normalized spacial score (nSPS) is 21.9. The minimum atomic E-state index is -3.69. The molecule has 2 unspecified atom stereocenters. The molecule has 2 rings (SSSR count). The van der Waals surface area contributed by atoms with E-state index in [2.05, 4.69) is 5.32 Å². The van der Waals surface area contributed by atoms with Crippen molar-refractivity contribution in [3.8, 4) is 0 Å². The average molecular weight is 310 g/mol. The minimum Gasteiger partial charge on any atom is -0.294 e. The average Bonchev–Trinajstić information content (AvgIpc) is 2.43. The highest BCUT2D eigenvalue weighted by Crippen LogP contribution is 2.21. The summed E-state index contributed by atoms with van der Waals surface area (Å²) in [7, 11) is -3.69. The molecule has 0 aromatic heterocycles. The monoisotopic (exact) mass is 310 g/mol. The number of sulfonamides is 1. The maximum atomic E-state index is 12.5. The molecule has 1 N–H and O–H groups in total. The molecule has 1 saturated heterocycles. The Kier molecular flexibility index (Phi) is 4.43. The van der Waals surface area contributed by atoms with Crippen LogP contribution in [0.2, 0.25) is 0 Å². The number of hydrogen-bond acceptors (Lipinski definition) is 4. The second kappa shape index (κ2) is 5.95. The van der Waals surface area contributed by atoms with Gasteiger partial charge in [0.1, 0.15) is 6.04 Å². The van der Waals surface area contributed by atoms with E-state index in [4.69, 9.17) is 0 Å². The van der Waals surface area contributed by atoms with Gasteiger partial charge in [0.2, 0.25) is 21.8 Å². The van der Waals surface area contributed by atoms with E-state index in [0.29, 0.717) is 0 Å². The van der Waals surface area contributed by atoms with Crippen molar-refractivity contribution in [1.82, 2.24) is 9.62 Å². The third-order valence-electron chi connectivity index (χ3n) is 3.56. The fourth-order valence-electron chi connectivity index (χ4n) is 2.32. The van der Waals surface area contributed by atoms with Gasteiger partial charge in [0.15, 0.2) is 0 Å². The summed E-state index contributed by atoms with van der Waals surface area (Å²) >= 11 is 0.